The molecule has 0 saturated carbocycles. The molecule has 29 heavy (non-hydrogen) atoms. The summed E-state index contributed by atoms with van der Waals surface area (Å²) in [6.45, 7) is 3.66. The molecule has 0 unspecified atom stereocenters. The van der Waals surface area contributed by atoms with Gasteiger partial charge in [0.05, 0.1) is 24.0 Å². The number of nitrogens with zero attached hydrogens (tertiary/aromatic N) is 4. The summed E-state index contributed by atoms with van der Waals surface area (Å²) in [5.74, 6) is -0.244. The van der Waals surface area contributed by atoms with Gasteiger partial charge in [-0.2, -0.15) is 10.4 Å². The number of rotatable bonds is 6. The van der Waals surface area contributed by atoms with Crippen LogP contribution in [0.4, 0.5) is 11.4 Å². The summed E-state index contributed by atoms with van der Waals surface area (Å²) < 4.78 is 1.59. The van der Waals surface area contributed by atoms with Crippen LogP contribution in [0.15, 0.2) is 48.5 Å². The maximum absolute atomic E-state index is 12.4. The Kier molecular flexibility index (Phi) is 5.69. The van der Waals surface area contributed by atoms with E-state index in [9.17, 15) is 14.9 Å². The monoisotopic (exact) mass is 389 g/mol. The van der Waals surface area contributed by atoms with Crippen molar-refractivity contribution < 1.29 is 9.72 Å². The van der Waals surface area contributed by atoms with Crippen LogP contribution in [0.1, 0.15) is 32.9 Å². The molecule has 3 rings (SSSR count). The van der Waals surface area contributed by atoms with E-state index in [1.807, 2.05) is 0 Å². The zero-order valence-electron chi connectivity index (χ0n) is 16.0. The molecule has 3 aromatic rings. The van der Waals surface area contributed by atoms with E-state index in [4.69, 9.17) is 5.26 Å². The minimum atomic E-state index is -0.422. The molecule has 0 atom stereocenters. The lowest BCUT2D eigenvalue weighted by Crippen LogP contribution is -2.12. The second kappa shape index (κ2) is 8.35. The standard InChI is InChI=1S/C21H19N5O3/c1-14-20(26(28)29)15(2)25(24-14)13-17-3-7-18(8-4-17)21(27)23-19-9-5-16(6-10-19)11-12-22/h3-10H,11,13H2,1-2H3,(H,23,27). The predicted octanol–water partition coefficient (Wildman–Crippen LogP) is 3.77. The van der Waals surface area contributed by atoms with Gasteiger partial charge in [-0.05, 0) is 49.2 Å². The number of nitrogens with one attached hydrogen (secondary N) is 1. The fourth-order valence-corrected chi connectivity index (χ4v) is 3.04. The Bertz CT molecular complexity index is 1090. The molecule has 0 fully saturated rings. The Morgan fingerprint density at radius 2 is 1.76 bits per heavy atom. The average Bonchev–Trinajstić information content (AvgIpc) is 2.97. The number of carbonyl (C=O) groups excluding carboxylic acids is 1. The Morgan fingerprint density at radius 3 is 2.31 bits per heavy atom. The van der Waals surface area contributed by atoms with Crippen LogP contribution >= 0.6 is 0 Å². The molecule has 0 aliphatic rings. The van der Waals surface area contributed by atoms with Crippen molar-refractivity contribution >= 4 is 17.3 Å². The van der Waals surface area contributed by atoms with Gasteiger partial charge in [-0.15, -0.1) is 0 Å². The van der Waals surface area contributed by atoms with E-state index in [1.54, 1.807) is 67.1 Å². The van der Waals surface area contributed by atoms with Gasteiger partial charge >= 0.3 is 5.69 Å². The predicted molar refractivity (Wildman–Crippen MR) is 108 cm³/mol. The van der Waals surface area contributed by atoms with Crippen molar-refractivity contribution in [2.24, 2.45) is 0 Å². The number of benzene rings is 2. The first-order valence-corrected chi connectivity index (χ1v) is 8.93. The van der Waals surface area contributed by atoms with Crippen molar-refractivity contribution in [2.75, 3.05) is 5.32 Å². The highest BCUT2D eigenvalue weighted by atomic mass is 16.6. The van der Waals surface area contributed by atoms with Gasteiger partial charge in [0.2, 0.25) is 0 Å². The maximum Gasteiger partial charge on any atom is 0.312 e. The number of carbonyl (C=O) groups is 1. The molecular weight excluding hydrogens is 370 g/mol. The molecule has 0 saturated heterocycles. The van der Waals surface area contributed by atoms with Gasteiger partial charge in [-0.3, -0.25) is 19.6 Å². The third-order valence-electron chi connectivity index (χ3n) is 4.57. The molecule has 0 aliphatic carbocycles. The number of aromatic nitrogens is 2. The molecule has 0 spiro atoms. The lowest BCUT2D eigenvalue weighted by atomic mass is 10.1. The first-order valence-electron chi connectivity index (χ1n) is 8.93. The van der Waals surface area contributed by atoms with E-state index in [2.05, 4.69) is 16.5 Å². The highest BCUT2D eigenvalue weighted by Gasteiger charge is 2.21. The van der Waals surface area contributed by atoms with Crippen LogP contribution in [0.5, 0.6) is 0 Å². The van der Waals surface area contributed by atoms with Crippen molar-refractivity contribution in [2.45, 2.75) is 26.8 Å². The van der Waals surface area contributed by atoms with Crippen molar-refractivity contribution in [3.05, 3.63) is 86.7 Å². The highest BCUT2D eigenvalue weighted by molar-refractivity contribution is 6.04. The van der Waals surface area contributed by atoms with E-state index >= 15 is 0 Å². The Balaban J connectivity index is 1.68. The summed E-state index contributed by atoms with van der Waals surface area (Å²) in [7, 11) is 0. The van der Waals surface area contributed by atoms with E-state index < -0.39 is 4.92 Å². The number of amides is 1. The Hall–Kier alpha value is -3.99. The van der Waals surface area contributed by atoms with Crippen LogP contribution in [-0.2, 0) is 13.0 Å². The van der Waals surface area contributed by atoms with Gasteiger partial charge in [-0.1, -0.05) is 24.3 Å². The molecule has 0 aliphatic heterocycles. The van der Waals surface area contributed by atoms with Gasteiger partial charge in [-0.25, -0.2) is 0 Å². The number of aryl methyl sites for hydroxylation is 1. The third-order valence-corrected chi connectivity index (χ3v) is 4.57. The molecule has 1 N–H and O–H groups in total. The molecule has 1 heterocycles. The van der Waals surface area contributed by atoms with Crippen LogP contribution in [0.25, 0.3) is 0 Å². The van der Waals surface area contributed by atoms with Crippen molar-refractivity contribution in [1.82, 2.24) is 9.78 Å². The van der Waals surface area contributed by atoms with Gasteiger partial charge in [0, 0.05) is 11.3 Å². The summed E-state index contributed by atoms with van der Waals surface area (Å²) in [6, 6.07) is 16.2. The average molecular weight is 389 g/mol. The van der Waals surface area contributed by atoms with Crippen LogP contribution < -0.4 is 5.32 Å². The van der Waals surface area contributed by atoms with Crippen LogP contribution in [0, 0.1) is 35.3 Å². The van der Waals surface area contributed by atoms with Gasteiger partial charge in [0.25, 0.3) is 5.91 Å². The fraction of sp³-hybridized carbons (Fsp3) is 0.190. The number of anilines is 1. The van der Waals surface area contributed by atoms with Gasteiger partial charge < -0.3 is 5.32 Å². The SMILES string of the molecule is Cc1nn(Cc2ccc(C(=O)Nc3ccc(CC#N)cc3)cc2)c(C)c1[N+](=O)[O-]. The lowest BCUT2D eigenvalue weighted by Gasteiger charge is -2.08. The van der Waals surface area contributed by atoms with Crippen molar-refractivity contribution in [3.8, 4) is 6.07 Å². The largest absolute Gasteiger partial charge is 0.322 e. The summed E-state index contributed by atoms with van der Waals surface area (Å²) in [5.41, 5.74) is 3.81. The molecule has 1 aromatic heterocycles. The fourth-order valence-electron chi connectivity index (χ4n) is 3.04. The highest BCUT2D eigenvalue weighted by Crippen LogP contribution is 2.22. The lowest BCUT2D eigenvalue weighted by molar-refractivity contribution is -0.386. The number of hydrogen-bond acceptors (Lipinski definition) is 5. The summed E-state index contributed by atoms with van der Waals surface area (Å²) in [6.07, 6.45) is 0.327. The van der Waals surface area contributed by atoms with Crippen LogP contribution in [0.3, 0.4) is 0 Å². The Morgan fingerprint density at radius 1 is 1.14 bits per heavy atom. The topological polar surface area (TPSA) is 114 Å². The minimum absolute atomic E-state index is 0.0294. The first kappa shape index (κ1) is 19.8. The quantitative estimate of drug-likeness (QED) is 0.509. The molecular formula is C21H19N5O3. The zero-order chi connectivity index (χ0) is 21.0. The normalized spacial score (nSPS) is 10.4. The maximum atomic E-state index is 12.4. The zero-order valence-corrected chi connectivity index (χ0v) is 16.0. The molecule has 8 heteroatoms. The molecule has 0 bridgehead atoms. The van der Waals surface area contributed by atoms with Crippen molar-refractivity contribution in [1.29, 1.82) is 5.26 Å². The second-order valence-corrected chi connectivity index (χ2v) is 6.62. The first-order chi connectivity index (χ1) is 13.9. The smallest absolute Gasteiger partial charge is 0.312 e. The minimum Gasteiger partial charge on any atom is -0.322 e. The summed E-state index contributed by atoms with van der Waals surface area (Å²) in [4.78, 5) is 23.1. The van der Waals surface area contributed by atoms with Gasteiger partial charge in [0.15, 0.2) is 0 Å². The molecule has 1 amide bonds. The third kappa shape index (κ3) is 4.47. The van der Waals surface area contributed by atoms with E-state index in [-0.39, 0.29) is 11.6 Å². The number of nitriles is 1. The Labute approximate surface area is 167 Å². The molecule has 146 valence electrons. The number of nitro groups is 1. The van der Waals surface area contributed by atoms with Crippen molar-refractivity contribution in [3.63, 3.8) is 0 Å². The number of hydrogen-bond donors (Lipinski definition) is 1. The van der Waals surface area contributed by atoms with E-state index in [0.29, 0.717) is 35.6 Å². The second-order valence-electron chi connectivity index (χ2n) is 6.62. The van der Waals surface area contributed by atoms with Crippen LogP contribution in [-0.4, -0.2) is 20.6 Å². The molecule has 2 aromatic carbocycles. The van der Waals surface area contributed by atoms with Gasteiger partial charge in [0.1, 0.15) is 11.4 Å². The molecule has 8 nitrogen and oxygen atoms in total. The summed E-state index contributed by atoms with van der Waals surface area (Å²) >= 11 is 0. The van der Waals surface area contributed by atoms with E-state index in [0.717, 1.165) is 11.1 Å². The summed E-state index contributed by atoms with van der Waals surface area (Å²) in [5, 5.41) is 26.9. The molecule has 0 radical (unpaired) electrons. The van der Waals surface area contributed by atoms with E-state index in [1.165, 1.54) is 0 Å². The van der Waals surface area contributed by atoms with Crippen LogP contribution in [0.2, 0.25) is 0 Å².